The number of rotatable bonds is 10. The number of fused-ring (bicyclic) bond motifs is 3. The molecule has 0 spiro atoms. The van der Waals surface area contributed by atoms with Gasteiger partial charge in [0.2, 0.25) is 0 Å². The van der Waals surface area contributed by atoms with Crippen LogP contribution in [0.1, 0.15) is 56.6 Å². The molecule has 0 aliphatic heterocycles. The summed E-state index contributed by atoms with van der Waals surface area (Å²) >= 11 is 0. The average molecular weight is 519 g/mol. The second-order valence-corrected chi connectivity index (χ2v) is 10.7. The Kier molecular flexibility index (Phi) is 8.42. The maximum atomic E-state index is 12.3. The molecule has 0 saturated heterocycles. The minimum Gasteiger partial charge on any atom is -0.480 e. The molecule has 2 aliphatic rings. The molecule has 0 unspecified atom stereocenters. The molecule has 1 fully saturated rings. The number of benzene rings is 2. The molecule has 3 N–H and O–H groups in total. The standard InChI is InChI=1S/C30H34N2O6/c1-30(2)16-26(33)23(27(34)17-30)13-15-31-25(28(35)36)12-7-14-32-29(37)38-18-24-21-10-5-3-8-19(21)20-9-4-6-11-22(20)24/h3-6,8-11,13,24-25,31H,7,12,14-18H2,1-2H3,(H,32,37)(H,35,36)/t25-/m0/s1. The molecule has 1 amide bonds. The molecule has 1 saturated carbocycles. The zero-order valence-corrected chi connectivity index (χ0v) is 21.8. The first-order chi connectivity index (χ1) is 18.2. The number of carbonyl (C=O) groups is 4. The summed E-state index contributed by atoms with van der Waals surface area (Å²) in [5.74, 6) is -1.47. The van der Waals surface area contributed by atoms with Crippen LogP contribution >= 0.6 is 0 Å². The van der Waals surface area contributed by atoms with Crippen LogP contribution in [0.3, 0.4) is 0 Å². The van der Waals surface area contributed by atoms with E-state index >= 15 is 0 Å². The molecule has 0 radical (unpaired) electrons. The lowest BCUT2D eigenvalue weighted by Gasteiger charge is -2.28. The maximum absolute atomic E-state index is 12.3. The summed E-state index contributed by atoms with van der Waals surface area (Å²) < 4.78 is 5.51. The lowest BCUT2D eigenvalue weighted by molar-refractivity contribution is -0.139. The molecular formula is C30H34N2O6. The third kappa shape index (κ3) is 6.37. The smallest absolute Gasteiger partial charge is 0.407 e. The van der Waals surface area contributed by atoms with E-state index in [1.165, 1.54) is 6.08 Å². The van der Waals surface area contributed by atoms with Gasteiger partial charge < -0.3 is 20.5 Å². The van der Waals surface area contributed by atoms with Gasteiger partial charge in [-0.2, -0.15) is 0 Å². The van der Waals surface area contributed by atoms with Crippen molar-refractivity contribution in [2.75, 3.05) is 19.7 Å². The first kappa shape index (κ1) is 27.3. The number of allylic oxidation sites excluding steroid dienone is 1. The van der Waals surface area contributed by atoms with Crippen LogP contribution < -0.4 is 10.6 Å². The monoisotopic (exact) mass is 518 g/mol. The van der Waals surface area contributed by atoms with E-state index in [9.17, 15) is 24.3 Å². The fourth-order valence-electron chi connectivity index (χ4n) is 5.27. The molecule has 8 heteroatoms. The van der Waals surface area contributed by atoms with Gasteiger partial charge in [0, 0.05) is 31.8 Å². The van der Waals surface area contributed by atoms with Crippen LogP contribution in [-0.4, -0.2) is 54.5 Å². The van der Waals surface area contributed by atoms with Crippen molar-refractivity contribution in [3.63, 3.8) is 0 Å². The number of alkyl carbamates (subject to hydrolysis) is 1. The summed E-state index contributed by atoms with van der Waals surface area (Å²) in [6.07, 6.45) is 2.22. The second-order valence-electron chi connectivity index (χ2n) is 10.7. The summed E-state index contributed by atoms with van der Waals surface area (Å²) in [5, 5.41) is 15.1. The number of hydrogen-bond acceptors (Lipinski definition) is 6. The van der Waals surface area contributed by atoms with Crippen molar-refractivity contribution in [3.8, 4) is 11.1 Å². The normalized spacial score (nSPS) is 16.9. The van der Waals surface area contributed by atoms with Crippen molar-refractivity contribution in [2.24, 2.45) is 5.41 Å². The van der Waals surface area contributed by atoms with Crippen molar-refractivity contribution in [3.05, 3.63) is 71.3 Å². The average Bonchev–Trinajstić information content (AvgIpc) is 3.18. The number of carboxylic acid groups (broad SMARTS) is 1. The van der Waals surface area contributed by atoms with Gasteiger partial charge in [-0.15, -0.1) is 0 Å². The van der Waals surface area contributed by atoms with Gasteiger partial charge in [-0.05, 0) is 40.5 Å². The third-order valence-corrected chi connectivity index (χ3v) is 7.13. The van der Waals surface area contributed by atoms with Crippen molar-refractivity contribution in [1.29, 1.82) is 0 Å². The Labute approximate surface area is 222 Å². The number of Topliss-reactive ketones (excluding diaryl/α,β-unsaturated/α-hetero) is 2. The Bertz CT molecular complexity index is 1200. The molecule has 8 nitrogen and oxygen atoms in total. The highest BCUT2D eigenvalue weighted by molar-refractivity contribution is 6.22. The highest BCUT2D eigenvalue weighted by Crippen LogP contribution is 2.44. The molecule has 38 heavy (non-hydrogen) atoms. The highest BCUT2D eigenvalue weighted by atomic mass is 16.5. The van der Waals surface area contributed by atoms with Crippen LogP contribution in [0, 0.1) is 5.41 Å². The number of nitrogens with one attached hydrogen (secondary N) is 2. The van der Waals surface area contributed by atoms with E-state index in [2.05, 4.69) is 34.9 Å². The van der Waals surface area contributed by atoms with E-state index in [4.69, 9.17) is 4.74 Å². The number of aliphatic carboxylic acids is 1. The minimum absolute atomic E-state index is 0.0307. The molecule has 2 aromatic rings. The number of ether oxygens (including phenoxy) is 1. The van der Waals surface area contributed by atoms with Crippen molar-refractivity contribution in [1.82, 2.24) is 10.6 Å². The number of ketones is 2. The Morgan fingerprint density at radius 3 is 2.18 bits per heavy atom. The van der Waals surface area contributed by atoms with E-state index in [-0.39, 0.29) is 54.6 Å². The molecule has 2 aromatic carbocycles. The summed E-state index contributed by atoms with van der Waals surface area (Å²) in [7, 11) is 0. The summed E-state index contributed by atoms with van der Waals surface area (Å²) in [5.41, 5.74) is 4.38. The Hall–Kier alpha value is -3.78. The molecule has 200 valence electrons. The zero-order chi connectivity index (χ0) is 27.3. The van der Waals surface area contributed by atoms with Gasteiger partial charge in [0.1, 0.15) is 12.6 Å². The Morgan fingerprint density at radius 2 is 1.61 bits per heavy atom. The van der Waals surface area contributed by atoms with Crippen LogP contribution in [0.15, 0.2) is 60.2 Å². The largest absolute Gasteiger partial charge is 0.480 e. The van der Waals surface area contributed by atoms with Crippen molar-refractivity contribution in [2.45, 2.75) is 51.5 Å². The molecule has 0 bridgehead atoms. The number of carbonyl (C=O) groups excluding carboxylic acids is 3. The summed E-state index contributed by atoms with van der Waals surface area (Å²) in [6.45, 7) is 4.34. The predicted octanol–water partition coefficient (Wildman–Crippen LogP) is 4.23. The first-order valence-electron chi connectivity index (χ1n) is 13.0. The van der Waals surface area contributed by atoms with Crippen LogP contribution in [0.4, 0.5) is 4.79 Å². The maximum Gasteiger partial charge on any atom is 0.407 e. The van der Waals surface area contributed by atoms with Crippen molar-refractivity contribution >= 4 is 23.6 Å². The van der Waals surface area contributed by atoms with Crippen LogP contribution in [0.2, 0.25) is 0 Å². The molecular weight excluding hydrogens is 484 g/mol. The van der Waals surface area contributed by atoms with E-state index in [1.807, 2.05) is 38.1 Å². The Morgan fingerprint density at radius 1 is 1.03 bits per heavy atom. The topological polar surface area (TPSA) is 122 Å². The van der Waals surface area contributed by atoms with Gasteiger partial charge in [-0.1, -0.05) is 68.5 Å². The number of hydrogen-bond donors (Lipinski definition) is 3. The summed E-state index contributed by atoms with van der Waals surface area (Å²) in [6, 6.07) is 15.3. The van der Waals surface area contributed by atoms with E-state index < -0.39 is 18.1 Å². The molecule has 0 heterocycles. The zero-order valence-electron chi connectivity index (χ0n) is 21.8. The lowest BCUT2D eigenvalue weighted by atomic mass is 9.74. The second kappa shape index (κ2) is 11.7. The fraction of sp³-hybridized carbons (Fsp3) is 0.400. The molecule has 2 aliphatic carbocycles. The third-order valence-electron chi connectivity index (χ3n) is 7.13. The molecule has 1 atom stereocenters. The molecule has 0 aromatic heterocycles. The van der Waals surface area contributed by atoms with Gasteiger partial charge in [-0.25, -0.2) is 4.79 Å². The SMILES string of the molecule is CC1(C)CC(=O)C(=CCN[C@@H](CCCNC(=O)OCC2c3ccccc3-c3ccccc32)C(=O)O)C(=O)C1. The van der Waals surface area contributed by atoms with Crippen LogP contribution in [0.25, 0.3) is 11.1 Å². The Balaban J connectivity index is 1.21. The first-order valence-corrected chi connectivity index (χ1v) is 13.0. The lowest BCUT2D eigenvalue weighted by Crippen LogP contribution is -2.38. The van der Waals surface area contributed by atoms with Gasteiger partial charge >= 0.3 is 12.1 Å². The summed E-state index contributed by atoms with van der Waals surface area (Å²) in [4.78, 5) is 48.5. The predicted molar refractivity (Wildman–Crippen MR) is 143 cm³/mol. The van der Waals surface area contributed by atoms with Crippen LogP contribution in [0.5, 0.6) is 0 Å². The van der Waals surface area contributed by atoms with E-state index in [0.29, 0.717) is 19.3 Å². The van der Waals surface area contributed by atoms with Crippen LogP contribution in [-0.2, 0) is 19.1 Å². The fourth-order valence-corrected chi connectivity index (χ4v) is 5.27. The van der Waals surface area contributed by atoms with Gasteiger partial charge in [0.05, 0.1) is 5.57 Å². The number of carboxylic acids is 1. The quantitative estimate of drug-likeness (QED) is 0.244. The molecule has 4 rings (SSSR count). The van der Waals surface area contributed by atoms with Gasteiger partial charge in [0.25, 0.3) is 0 Å². The van der Waals surface area contributed by atoms with Gasteiger partial charge in [-0.3, -0.25) is 14.4 Å². The highest BCUT2D eigenvalue weighted by Gasteiger charge is 2.35. The minimum atomic E-state index is -1.04. The van der Waals surface area contributed by atoms with Gasteiger partial charge in [0.15, 0.2) is 11.6 Å². The van der Waals surface area contributed by atoms with E-state index in [0.717, 1.165) is 22.3 Å². The van der Waals surface area contributed by atoms with E-state index in [1.54, 1.807) is 0 Å². The number of amides is 1. The van der Waals surface area contributed by atoms with Crippen molar-refractivity contribution < 1.29 is 29.0 Å².